The average molecular weight is 312 g/mol. The number of carbonyl (C=O) groups is 2. The van der Waals surface area contributed by atoms with E-state index in [2.05, 4.69) is 5.10 Å². The molecule has 4 heterocycles. The molecular weight excluding hydrogens is 300 g/mol. The molecule has 0 spiro atoms. The molecular formula is C16H12N2O5. The minimum Gasteiger partial charge on any atom is -0.454 e. The minimum absolute atomic E-state index is 0.193. The van der Waals surface area contributed by atoms with Crippen molar-refractivity contribution in [2.75, 3.05) is 6.79 Å². The summed E-state index contributed by atoms with van der Waals surface area (Å²) >= 11 is 0. The Bertz CT molecular complexity index is 757. The Morgan fingerprint density at radius 3 is 2.48 bits per heavy atom. The third-order valence-electron chi connectivity index (χ3n) is 4.61. The Morgan fingerprint density at radius 2 is 1.74 bits per heavy atom. The largest absolute Gasteiger partial charge is 0.454 e. The Hall–Kier alpha value is -2.67. The third kappa shape index (κ3) is 1.71. The van der Waals surface area contributed by atoms with Gasteiger partial charge in [-0.1, -0.05) is 12.2 Å². The van der Waals surface area contributed by atoms with Crippen molar-refractivity contribution >= 4 is 18.0 Å². The van der Waals surface area contributed by atoms with Gasteiger partial charge in [0.1, 0.15) is 0 Å². The number of hydrogen-bond donors (Lipinski definition) is 0. The summed E-state index contributed by atoms with van der Waals surface area (Å²) in [6.07, 6.45) is 4.58. The van der Waals surface area contributed by atoms with Crippen LogP contribution in [0.4, 0.5) is 0 Å². The highest BCUT2D eigenvalue weighted by Gasteiger charge is 2.61. The molecule has 4 aliphatic heterocycles. The molecule has 2 fully saturated rings. The topological polar surface area (TPSA) is 77.4 Å². The number of nitrogens with zero attached hydrogens (tertiary/aromatic N) is 2. The molecule has 0 unspecified atom stereocenters. The molecule has 116 valence electrons. The molecule has 0 aromatic heterocycles. The zero-order valence-corrected chi connectivity index (χ0v) is 11.9. The van der Waals surface area contributed by atoms with Gasteiger partial charge in [0, 0.05) is 0 Å². The van der Waals surface area contributed by atoms with Crippen LogP contribution in [0.3, 0.4) is 0 Å². The highest BCUT2D eigenvalue weighted by Crippen LogP contribution is 2.45. The van der Waals surface area contributed by atoms with E-state index < -0.39 is 11.8 Å². The van der Waals surface area contributed by atoms with Gasteiger partial charge in [-0.05, 0) is 23.8 Å². The summed E-state index contributed by atoms with van der Waals surface area (Å²) in [4.78, 5) is 24.9. The smallest absolute Gasteiger partial charge is 0.256 e. The maximum Gasteiger partial charge on any atom is 0.256 e. The molecule has 4 aliphatic rings. The SMILES string of the molecule is O=C1[C@@H]2[C@@H](C(=O)N1/N=C/c1ccc3c(c1)OCO3)[C@@H]1C=C[C@@H]2O1. The van der Waals surface area contributed by atoms with Crippen molar-refractivity contribution in [1.82, 2.24) is 5.01 Å². The van der Waals surface area contributed by atoms with E-state index in [0.29, 0.717) is 11.5 Å². The maximum absolute atomic E-state index is 12.4. The first-order valence-electron chi connectivity index (χ1n) is 7.37. The lowest BCUT2D eigenvalue weighted by molar-refractivity contribution is -0.142. The number of hydrazone groups is 1. The zero-order valence-electron chi connectivity index (χ0n) is 11.9. The molecule has 7 nitrogen and oxygen atoms in total. The fourth-order valence-electron chi connectivity index (χ4n) is 3.52. The Balaban J connectivity index is 1.41. The molecule has 1 aromatic rings. The number of benzene rings is 1. The van der Waals surface area contributed by atoms with Gasteiger partial charge in [-0.15, -0.1) is 0 Å². The molecule has 0 saturated carbocycles. The lowest BCUT2D eigenvalue weighted by atomic mass is 9.85. The van der Waals surface area contributed by atoms with Crippen LogP contribution < -0.4 is 9.47 Å². The van der Waals surface area contributed by atoms with Crippen LogP contribution in [0.5, 0.6) is 11.5 Å². The van der Waals surface area contributed by atoms with Crippen LogP contribution in [-0.4, -0.2) is 42.0 Å². The van der Waals surface area contributed by atoms with E-state index in [9.17, 15) is 9.59 Å². The molecule has 2 saturated heterocycles. The summed E-state index contributed by atoms with van der Waals surface area (Å²) in [6, 6.07) is 5.31. The monoisotopic (exact) mass is 312 g/mol. The number of hydrogen-bond acceptors (Lipinski definition) is 6. The van der Waals surface area contributed by atoms with Crippen LogP contribution in [0.15, 0.2) is 35.5 Å². The van der Waals surface area contributed by atoms with Crippen LogP contribution in [0.2, 0.25) is 0 Å². The van der Waals surface area contributed by atoms with Crippen molar-refractivity contribution in [3.8, 4) is 11.5 Å². The van der Waals surface area contributed by atoms with Crippen LogP contribution in [0, 0.1) is 11.8 Å². The molecule has 23 heavy (non-hydrogen) atoms. The summed E-state index contributed by atoms with van der Waals surface area (Å²) in [7, 11) is 0. The number of rotatable bonds is 2. The second-order valence-corrected chi connectivity index (χ2v) is 5.85. The van der Waals surface area contributed by atoms with Crippen molar-refractivity contribution in [1.29, 1.82) is 0 Å². The van der Waals surface area contributed by atoms with Gasteiger partial charge in [0.2, 0.25) is 6.79 Å². The van der Waals surface area contributed by atoms with Crippen molar-refractivity contribution in [3.05, 3.63) is 35.9 Å². The van der Waals surface area contributed by atoms with E-state index in [1.165, 1.54) is 6.21 Å². The van der Waals surface area contributed by atoms with Gasteiger partial charge in [0.15, 0.2) is 11.5 Å². The van der Waals surface area contributed by atoms with Crippen molar-refractivity contribution in [2.24, 2.45) is 16.9 Å². The summed E-state index contributed by atoms with van der Waals surface area (Å²) in [5.41, 5.74) is 0.726. The van der Waals surface area contributed by atoms with E-state index in [4.69, 9.17) is 14.2 Å². The van der Waals surface area contributed by atoms with Crippen molar-refractivity contribution in [2.45, 2.75) is 12.2 Å². The zero-order chi connectivity index (χ0) is 15.6. The summed E-state index contributed by atoms with van der Waals surface area (Å²) in [5, 5.41) is 5.06. The van der Waals surface area contributed by atoms with E-state index in [-0.39, 0.29) is 30.8 Å². The second-order valence-electron chi connectivity index (χ2n) is 5.85. The van der Waals surface area contributed by atoms with Gasteiger partial charge in [-0.25, -0.2) is 0 Å². The highest BCUT2D eigenvalue weighted by atomic mass is 16.7. The minimum atomic E-state index is -0.439. The first-order valence-corrected chi connectivity index (χ1v) is 7.37. The molecule has 7 heteroatoms. The van der Waals surface area contributed by atoms with E-state index in [1.807, 2.05) is 12.2 Å². The number of carbonyl (C=O) groups excluding carboxylic acids is 2. The summed E-state index contributed by atoms with van der Waals surface area (Å²) < 4.78 is 16.1. The lowest BCUT2D eigenvalue weighted by Crippen LogP contribution is -2.30. The molecule has 0 aliphatic carbocycles. The fraction of sp³-hybridized carbons (Fsp3) is 0.312. The Morgan fingerprint density at radius 1 is 1.04 bits per heavy atom. The average Bonchev–Trinajstić information content (AvgIpc) is 3.30. The maximum atomic E-state index is 12.4. The number of imide groups is 1. The van der Waals surface area contributed by atoms with E-state index in [1.54, 1.807) is 18.2 Å². The lowest BCUT2D eigenvalue weighted by Gasteiger charge is -2.11. The standard InChI is InChI=1S/C16H12N2O5/c19-15-13-10-3-4-11(23-10)14(13)16(20)18(15)17-6-8-1-2-9-12(5-8)22-7-21-9/h1-6,10-11,13-14H,7H2/b17-6+/t10-,11-,13-,14-/m0/s1. The predicted octanol–water partition coefficient (Wildman–Crippen LogP) is 0.688. The Labute approximate surface area is 131 Å². The Kier molecular flexibility index (Phi) is 2.47. The van der Waals surface area contributed by atoms with Crippen molar-refractivity contribution in [3.63, 3.8) is 0 Å². The second kappa shape index (κ2) is 4.42. The fourth-order valence-corrected chi connectivity index (χ4v) is 3.52. The molecule has 1 aromatic carbocycles. The number of ether oxygens (including phenoxy) is 3. The first-order chi connectivity index (χ1) is 11.2. The molecule has 2 amide bonds. The number of amides is 2. The summed E-state index contributed by atoms with van der Waals surface area (Å²) in [5.74, 6) is -0.175. The first kappa shape index (κ1) is 12.8. The van der Waals surface area contributed by atoms with Gasteiger partial charge in [0.05, 0.1) is 30.3 Å². The van der Waals surface area contributed by atoms with Gasteiger partial charge >= 0.3 is 0 Å². The predicted molar refractivity (Wildman–Crippen MR) is 76.8 cm³/mol. The molecule has 5 rings (SSSR count). The normalized spacial score (nSPS) is 33.3. The molecule has 4 atom stereocenters. The van der Waals surface area contributed by atoms with Crippen LogP contribution in [0.25, 0.3) is 0 Å². The van der Waals surface area contributed by atoms with E-state index in [0.717, 1.165) is 10.6 Å². The van der Waals surface area contributed by atoms with Crippen LogP contribution >= 0.6 is 0 Å². The van der Waals surface area contributed by atoms with Gasteiger partial charge < -0.3 is 14.2 Å². The quantitative estimate of drug-likeness (QED) is 0.456. The molecule has 0 radical (unpaired) electrons. The highest BCUT2D eigenvalue weighted by molar-refractivity contribution is 6.07. The number of fused-ring (bicyclic) bond motifs is 6. The van der Waals surface area contributed by atoms with Gasteiger partial charge in [-0.2, -0.15) is 10.1 Å². The van der Waals surface area contributed by atoms with Crippen LogP contribution in [-0.2, 0) is 14.3 Å². The van der Waals surface area contributed by atoms with Gasteiger partial charge in [-0.3, -0.25) is 9.59 Å². The summed E-state index contributed by atoms with van der Waals surface area (Å²) in [6.45, 7) is 0.193. The third-order valence-corrected chi connectivity index (χ3v) is 4.61. The van der Waals surface area contributed by atoms with Crippen molar-refractivity contribution < 1.29 is 23.8 Å². The molecule has 0 N–H and O–H groups in total. The van der Waals surface area contributed by atoms with E-state index >= 15 is 0 Å². The molecule has 2 bridgehead atoms. The van der Waals surface area contributed by atoms with Crippen LogP contribution in [0.1, 0.15) is 5.56 Å². The van der Waals surface area contributed by atoms with Gasteiger partial charge in [0.25, 0.3) is 11.8 Å².